The van der Waals surface area contributed by atoms with E-state index in [2.05, 4.69) is 21.8 Å². The summed E-state index contributed by atoms with van der Waals surface area (Å²) in [4.78, 5) is 48.0. The number of aliphatic hydroxyl groups excluding tert-OH is 1. The van der Waals surface area contributed by atoms with Gasteiger partial charge >= 0.3 is 0 Å². The smallest absolute Gasteiger partial charge is 0.259 e. The second kappa shape index (κ2) is 11.1. The number of carbonyl (C=O) groups excluding carboxylic acids is 3. The van der Waals surface area contributed by atoms with E-state index in [1.54, 1.807) is 20.8 Å². The quantitative estimate of drug-likeness (QED) is 0.241. The Kier molecular flexibility index (Phi) is 7.64. The molecule has 0 spiro atoms. The second-order valence-corrected chi connectivity index (χ2v) is 15.4. The first-order valence-electron chi connectivity index (χ1n) is 15.2. The number of hydrogen-bond acceptors (Lipinski definition) is 8. The number of amides is 3. The lowest BCUT2D eigenvalue weighted by Crippen LogP contribution is -2.57. The van der Waals surface area contributed by atoms with E-state index in [4.69, 9.17) is 4.84 Å². The lowest BCUT2D eigenvalue weighted by Gasteiger charge is -2.32. The zero-order valence-corrected chi connectivity index (χ0v) is 26.3. The Morgan fingerprint density at radius 1 is 1.07 bits per heavy atom. The maximum Gasteiger partial charge on any atom is 0.259 e. The minimum absolute atomic E-state index is 0.0235. The Morgan fingerprint density at radius 2 is 1.64 bits per heavy atom. The zero-order chi connectivity index (χ0) is 32.3. The van der Waals surface area contributed by atoms with Gasteiger partial charge in [0.05, 0.1) is 11.8 Å². The van der Waals surface area contributed by atoms with Crippen molar-refractivity contribution in [1.82, 2.24) is 14.9 Å². The molecule has 1 heterocycles. The third-order valence-electron chi connectivity index (χ3n) is 9.10. The van der Waals surface area contributed by atoms with Crippen LogP contribution < -0.4 is 10.0 Å². The van der Waals surface area contributed by atoms with Gasteiger partial charge in [-0.15, -0.1) is 6.58 Å². The molecule has 3 N–H and O–H groups in total. The minimum Gasteiger partial charge on any atom is -0.390 e. The number of hydrogen-bond donors (Lipinski definition) is 3. The number of benzene rings is 2. The maximum absolute atomic E-state index is 13.9. The molecule has 3 fully saturated rings. The van der Waals surface area contributed by atoms with Gasteiger partial charge in [-0.25, -0.2) is 8.42 Å². The topological polar surface area (TPSA) is 154 Å². The van der Waals surface area contributed by atoms with Crippen LogP contribution in [0.3, 0.4) is 0 Å². The SMILES string of the molecule is C=C[C@@H]1C[C@@]1(NC(=O)C1CC(ON=C2c3ccccc3-c3ccccc32)CN1C(=O)[C@@H](O)C(C)(C)C)C(=O)NS(=O)(=O)C1CC1. The van der Waals surface area contributed by atoms with Crippen molar-refractivity contribution >= 4 is 33.5 Å². The molecular formula is C33H38N4O7S. The molecule has 12 heteroatoms. The normalized spacial score (nSPS) is 25.9. The molecule has 2 aromatic rings. The van der Waals surface area contributed by atoms with E-state index in [1.807, 2.05) is 48.5 Å². The van der Waals surface area contributed by atoms with Crippen molar-refractivity contribution in [3.63, 3.8) is 0 Å². The first-order valence-corrected chi connectivity index (χ1v) is 16.7. The van der Waals surface area contributed by atoms with Gasteiger partial charge in [-0.2, -0.15) is 0 Å². The van der Waals surface area contributed by atoms with Crippen LogP contribution in [0.25, 0.3) is 11.1 Å². The molecule has 3 aliphatic carbocycles. The Morgan fingerprint density at radius 3 is 2.16 bits per heavy atom. The van der Waals surface area contributed by atoms with Crippen LogP contribution >= 0.6 is 0 Å². The first-order chi connectivity index (χ1) is 21.3. The Bertz CT molecular complexity index is 1660. The fourth-order valence-electron chi connectivity index (χ4n) is 6.13. The third kappa shape index (κ3) is 5.65. The number of fused-ring (bicyclic) bond motifs is 3. The molecule has 238 valence electrons. The van der Waals surface area contributed by atoms with Gasteiger partial charge in [0.2, 0.25) is 15.9 Å². The molecule has 0 radical (unpaired) electrons. The van der Waals surface area contributed by atoms with E-state index in [-0.39, 0.29) is 19.4 Å². The fourth-order valence-corrected chi connectivity index (χ4v) is 7.50. The molecule has 1 saturated heterocycles. The molecule has 45 heavy (non-hydrogen) atoms. The molecule has 2 saturated carbocycles. The molecule has 0 bridgehead atoms. The van der Waals surface area contributed by atoms with Crippen molar-refractivity contribution in [2.24, 2.45) is 16.5 Å². The minimum atomic E-state index is -3.85. The summed E-state index contributed by atoms with van der Waals surface area (Å²) in [5.74, 6) is -2.61. The van der Waals surface area contributed by atoms with Gasteiger partial charge in [0.1, 0.15) is 29.5 Å². The molecule has 2 aromatic carbocycles. The van der Waals surface area contributed by atoms with E-state index in [0.717, 1.165) is 22.3 Å². The van der Waals surface area contributed by atoms with Gasteiger partial charge in [0.25, 0.3) is 11.8 Å². The Balaban J connectivity index is 1.25. The number of rotatable bonds is 9. The van der Waals surface area contributed by atoms with Gasteiger partial charge in [-0.05, 0) is 35.8 Å². The standard InChI is InChI=1S/C33H38N4O7S/c1-5-19-17-33(19,31(41)36-45(42,43)21-14-15-21)34-29(39)26-16-20(18-37(26)30(40)28(38)32(2,3)4)44-35-27-24-12-8-6-10-22(24)23-11-7-9-13-25(23)27/h5-13,19-21,26,28,38H,1,14-18H2,2-4H3,(H,34,39)(H,36,41)/t19-,20?,26?,28-,33+/m1/s1. The summed E-state index contributed by atoms with van der Waals surface area (Å²) in [6, 6.07) is 14.6. The largest absolute Gasteiger partial charge is 0.390 e. The predicted molar refractivity (Wildman–Crippen MR) is 167 cm³/mol. The molecule has 2 unspecified atom stereocenters. The summed E-state index contributed by atoms with van der Waals surface area (Å²) in [7, 11) is -3.85. The van der Waals surface area contributed by atoms with Gasteiger partial charge in [0.15, 0.2) is 0 Å². The molecule has 6 rings (SSSR count). The number of aliphatic hydroxyl groups is 1. The monoisotopic (exact) mass is 634 g/mol. The summed E-state index contributed by atoms with van der Waals surface area (Å²) in [6.07, 6.45) is 0.574. The molecule has 1 aliphatic heterocycles. The average Bonchev–Trinajstić information content (AvgIpc) is 3.91. The third-order valence-corrected chi connectivity index (χ3v) is 10.9. The Labute approximate surface area is 262 Å². The average molecular weight is 635 g/mol. The Hall–Kier alpha value is -4.03. The summed E-state index contributed by atoms with van der Waals surface area (Å²) in [6.45, 7) is 8.86. The van der Waals surface area contributed by atoms with Crippen LogP contribution in [-0.2, 0) is 29.2 Å². The van der Waals surface area contributed by atoms with Crippen molar-refractivity contribution in [1.29, 1.82) is 0 Å². The summed E-state index contributed by atoms with van der Waals surface area (Å²) in [5, 5.41) is 17.5. The van der Waals surface area contributed by atoms with E-state index in [1.165, 1.54) is 11.0 Å². The molecule has 11 nitrogen and oxygen atoms in total. The van der Waals surface area contributed by atoms with Crippen LogP contribution in [0.15, 0.2) is 66.3 Å². The van der Waals surface area contributed by atoms with Crippen LogP contribution in [0.5, 0.6) is 0 Å². The number of oxime groups is 1. The van der Waals surface area contributed by atoms with E-state index in [0.29, 0.717) is 18.6 Å². The number of likely N-dealkylation sites (tertiary alicyclic amines) is 1. The van der Waals surface area contributed by atoms with Crippen LogP contribution in [0, 0.1) is 11.3 Å². The van der Waals surface area contributed by atoms with Crippen molar-refractivity contribution in [3.8, 4) is 11.1 Å². The van der Waals surface area contributed by atoms with Gasteiger partial charge in [-0.1, -0.05) is 80.5 Å². The van der Waals surface area contributed by atoms with Crippen molar-refractivity contribution < 1.29 is 32.7 Å². The maximum atomic E-state index is 13.9. The fraction of sp³-hybridized carbons (Fsp3) is 0.455. The molecule has 4 aliphatic rings. The summed E-state index contributed by atoms with van der Waals surface area (Å²) in [5.41, 5.74) is 2.18. The number of carbonyl (C=O) groups is 3. The summed E-state index contributed by atoms with van der Waals surface area (Å²) >= 11 is 0. The van der Waals surface area contributed by atoms with Gasteiger partial charge in [0, 0.05) is 23.5 Å². The van der Waals surface area contributed by atoms with Gasteiger partial charge in [-0.3, -0.25) is 19.1 Å². The van der Waals surface area contributed by atoms with Crippen LogP contribution in [0.4, 0.5) is 0 Å². The van der Waals surface area contributed by atoms with Crippen molar-refractivity contribution in [2.75, 3.05) is 6.54 Å². The predicted octanol–water partition coefficient (Wildman–Crippen LogP) is 2.48. The highest BCUT2D eigenvalue weighted by molar-refractivity contribution is 7.91. The van der Waals surface area contributed by atoms with Crippen molar-refractivity contribution in [3.05, 3.63) is 72.3 Å². The zero-order valence-electron chi connectivity index (χ0n) is 25.5. The number of nitrogens with one attached hydrogen (secondary N) is 2. The molecule has 3 amide bonds. The second-order valence-electron chi connectivity index (χ2n) is 13.5. The molecule has 0 aromatic heterocycles. The van der Waals surface area contributed by atoms with E-state index < -0.39 is 68.1 Å². The molecular weight excluding hydrogens is 596 g/mol. The highest BCUT2D eigenvalue weighted by atomic mass is 32.2. The number of nitrogens with zero attached hydrogens (tertiary/aromatic N) is 2. The van der Waals surface area contributed by atoms with Crippen LogP contribution in [0.1, 0.15) is 57.6 Å². The highest BCUT2D eigenvalue weighted by Crippen LogP contribution is 2.45. The van der Waals surface area contributed by atoms with Crippen molar-refractivity contribution in [2.45, 2.75) is 75.5 Å². The lowest BCUT2D eigenvalue weighted by molar-refractivity contribution is -0.150. The molecule has 5 atom stereocenters. The number of sulfonamides is 1. The van der Waals surface area contributed by atoms with Crippen LogP contribution in [0.2, 0.25) is 0 Å². The lowest BCUT2D eigenvalue weighted by atomic mass is 9.88. The first kappa shape index (κ1) is 31.0. The van der Waals surface area contributed by atoms with E-state index in [9.17, 15) is 27.9 Å². The van der Waals surface area contributed by atoms with E-state index >= 15 is 0 Å². The summed E-state index contributed by atoms with van der Waals surface area (Å²) < 4.78 is 27.2. The van der Waals surface area contributed by atoms with Gasteiger partial charge < -0.3 is 20.2 Å². The highest BCUT2D eigenvalue weighted by Gasteiger charge is 2.62. The van der Waals surface area contributed by atoms with Crippen LogP contribution in [-0.4, -0.2) is 77.4 Å².